The maximum absolute atomic E-state index is 13.5. The highest BCUT2D eigenvalue weighted by atomic mass is 35.5. The fourth-order valence-electron chi connectivity index (χ4n) is 4.48. The molecule has 3 N–H and O–H groups in total. The smallest absolute Gasteiger partial charge is 0.358 e. The van der Waals surface area contributed by atoms with Gasteiger partial charge in [0.05, 0.1) is 5.56 Å². The van der Waals surface area contributed by atoms with Crippen molar-refractivity contribution in [3.8, 4) is 5.82 Å². The van der Waals surface area contributed by atoms with E-state index >= 15 is 0 Å². The Kier molecular flexibility index (Phi) is 10.2. The Morgan fingerprint density at radius 3 is 2.31 bits per heavy atom. The lowest BCUT2D eigenvalue weighted by Gasteiger charge is -2.20. The number of hydrogen-bond acceptors (Lipinski definition) is 6. The number of aryl methyl sites for hydroxylation is 1. The van der Waals surface area contributed by atoms with Gasteiger partial charge in [0, 0.05) is 41.6 Å². The molecule has 5 aromatic rings. The van der Waals surface area contributed by atoms with Crippen molar-refractivity contribution in [3.63, 3.8) is 0 Å². The van der Waals surface area contributed by atoms with Crippen LogP contribution in [0.1, 0.15) is 28.7 Å². The van der Waals surface area contributed by atoms with Crippen LogP contribution >= 0.6 is 23.2 Å². The van der Waals surface area contributed by atoms with Crippen molar-refractivity contribution < 1.29 is 18.0 Å². The van der Waals surface area contributed by atoms with Gasteiger partial charge in [-0.25, -0.2) is 4.98 Å². The molecule has 0 saturated heterocycles. The van der Waals surface area contributed by atoms with Crippen LogP contribution in [-0.4, -0.2) is 31.5 Å². The molecule has 0 bridgehead atoms. The second-order valence-corrected chi connectivity index (χ2v) is 11.0. The number of rotatable bonds is 12. The lowest BCUT2D eigenvalue weighted by molar-refractivity contribution is -0.137. The van der Waals surface area contributed by atoms with Crippen LogP contribution in [0.15, 0.2) is 97.6 Å². The molecule has 0 fully saturated rings. The van der Waals surface area contributed by atoms with Gasteiger partial charge < -0.3 is 16.0 Å². The SMILES string of the molecule is O=C(NCc1ccc(C(F)(F)F)cc1)[C@@H](CCc1ccc(Cl)cc1)Nc1cc(-n2ccnc2)nc(NCc2cccc(Cl)c2)n1. The Morgan fingerprint density at radius 1 is 0.867 bits per heavy atom. The lowest BCUT2D eigenvalue weighted by Crippen LogP contribution is -2.40. The highest BCUT2D eigenvalue weighted by Crippen LogP contribution is 2.29. The summed E-state index contributed by atoms with van der Waals surface area (Å²) in [4.78, 5) is 26.8. The van der Waals surface area contributed by atoms with Crippen LogP contribution in [0.5, 0.6) is 0 Å². The van der Waals surface area contributed by atoms with Gasteiger partial charge in [-0.05, 0) is 65.9 Å². The van der Waals surface area contributed by atoms with Crippen molar-refractivity contribution in [2.75, 3.05) is 10.6 Å². The molecule has 13 heteroatoms. The molecule has 45 heavy (non-hydrogen) atoms. The van der Waals surface area contributed by atoms with Gasteiger partial charge in [-0.15, -0.1) is 0 Å². The summed E-state index contributed by atoms with van der Waals surface area (Å²) >= 11 is 12.2. The maximum Gasteiger partial charge on any atom is 0.416 e. The summed E-state index contributed by atoms with van der Waals surface area (Å²) in [7, 11) is 0. The van der Waals surface area contributed by atoms with Gasteiger partial charge in [0.25, 0.3) is 0 Å². The van der Waals surface area contributed by atoms with E-state index in [-0.39, 0.29) is 12.5 Å². The number of carbonyl (C=O) groups is 1. The zero-order valence-electron chi connectivity index (χ0n) is 23.7. The summed E-state index contributed by atoms with van der Waals surface area (Å²) in [6.07, 6.45) is 1.45. The van der Waals surface area contributed by atoms with E-state index in [1.54, 1.807) is 47.6 Å². The van der Waals surface area contributed by atoms with Crippen LogP contribution in [-0.2, 0) is 30.5 Å². The molecule has 2 heterocycles. The molecular weight excluding hydrogens is 626 g/mol. The Morgan fingerprint density at radius 2 is 1.62 bits per heavy atom. The Labute approximate surface area is 267 Å². The van der Waals surface area contributed by atoms with Gasteiger partial charge in [-0.2, -0.15) is 23.1 Å². The monoisotopic (exact) mass is 653 g/mol. The first-order valence-electron chi connectivity index (χ1n) is 13.9. The second-order valence-electron chi connectivity index (χ2n) is 10.2. The molecule has 0 aliphatic carbocycles. The van der Waals surface area contributed by atoms with E-state index in [4.69, 9.17) is 23.2 Å². The molecule has 1 atom stereocenters. The topological polar surface area (TPSA) is 96.8 Å². The normalized spacial score (nSPS) is 12.0. The quantitative estimate of drug-likeness (QED) is 0.130. The maximum atomic E-state index is 13.5. The zero-order valence-corrected chi connectivity index (χ0v) is 25.2. The van der Waals surface area contributed by atoms with Crippen LogP contribution in [0.2, 0.25) is 10.0 Å². The number of aromatic nitrogens is 4. The third kappa shape index (κ3) is 9.19. The van der Waals surface area contributed by atoms with E-state index in [1.807, 2.05) is 30.3 Å². The van der Waals surface area contributed by atoms with Crippen LogP contribution in [0.4, 0.5) is 24.9 Å². The van der Waals surface area contributed by atoms with Gasteiger partial charge in [-0.3, -0.25) is 9.36 Å². The van der Waals surface area contributed by atoms with E-state index in [0.29, 0.717) is 52.6 Å². The average Bonchev–Trinajstić information content (AvgIpc) is 3.57. The van der Waals surface area contributed by atoms with Crippen LogP contribution in [0, 0.1) is 0 Å². The summed E-state index contributed by atoms with van der Waals surface area (Å²) < 4.78 is 40.7. The first-order valence-corrected chi connectivity index (χ1v) is 14.7. The average molecular weight is 655 g/mol. The predicted molar refractivity (Wildman–Crippen MR) is 168 cm³/mol. The number of nitrogens with zero attached hydrogens (tertiary/aromatic N) is 4. The number of hydrogen-bond donors (Lipinski definition) is 3. The molecule has 0 aliphatic rings. The second kappa shape index (κ2) is 14.4. The molecule has 0 radical (unpaired) electrons. The van der Waals surface area contributed by atoms with E-state index < -0.39 is 17.8 Å². The largest absolute Gasteiger partial charge is 0.416 e. The summed E-state index contributed by atoms with van der Waals surface area (Å²) in [5.74, 6) is 0.860. The van der Waals surface area contributed by atoms with Crippen LogP contribution in [0.3, 0.4) is 0 Å². The molecule has 0 spiro atoms. The van der Waals surface area contributed by atoms with Gasteiger partial charge in [0.1, 0.15) is 24.0 Å². The standard InChI is InChI=1S/C32H28Cl2F3N7O/c33-25-11-6-21(7-12-25)8-13-27(30(45)39-18-22-4-9-24(10-5-22)32(35,36)37)41-28-17-29(44-15-14-38-20-44)43-31(42-28)40-19-23-2-1-3-26(34)16-23/h1-7,9-12,14-17,20,27H,8,13,18-19H2,(H,39,45)(H2,40,41,42,43)/t27-/m1/s1. The first-order chi connectivity index (χ1) is 21.6. The van der Waals surface area contributed by atoms with Crippen molar-refractivity contribution in [2.24, 2.45) is 0 Å². The minimum atomic E-state index is -4.44. The van der Waals surface area contributed by atoms with E-state index in [2.05, 4.69) is 30.9 Å². The van der Waals surface area contributed by atoms with E-state index in [9.17, 15) is 18.0 Å². The minimum Gasteiger partial charge on any atom is -0.358 e. The first kappa shape index (κ1) is 31.8. The third-order valence-electron chi connectivity index (χ3n) is 6.84. The van der Waals surface area contributed by atoms with E-state index in [0.717, 1.165) is 23.3 Å². The summed E-state index contributed by atoms with van der Waals surface area (Å²) in [5.41, 5.74) is 1.69. The van der Waals surface area contributed by atoms with Crippen molar-refractivity contribution >= 4 is 40.9 Å². The van der Waals surface area contributed by atoms with Crippen LogP contribution < -0.4 is 16.0 Å². The molecule has 5 rings (SSSR count). The Hall–Kier alpha value is -4.61. The van der Waals surface area contributed by atoms with Crippen molar-refractivity contribution in [3.05, 3.63) is 130 Å². The molecule has 232 valence electrons. The number of nitrogens with one attached hydrogen (secondary N) is 3. The van der Waals surface area contributed by atoms with Gasteiger partial charge in [-0.1, -0.05) is 59.6 Å². The van der Waals surface area contributed by atoms with Gasteiger partial charge in [0.2, 0.25) is 11.9 Å². The third-order valence-corrected chi connectivity index (χ3v) is 7.33. The fraction of sp³-hybridized carbons (Fsp3) is 0.188. The summed E-state index contributed by atoms with van der Waals surface area (Å²) in [6.45, 7) is 0.452. The molecule has 0 unspecified atom stereocenters. The summed E-state index contributed by atoms with van der Waals surface area (Å²) in [5, 5.41) is 10.5. The Balaban J connectivity index is 1.36. The van der Waals surface area contributed by atoms with Crippen molar-refractivity contribution in [2.45, 2.75) is 38.1 Å². The highest BCUT2D eigenvalue weighted by molar-refractivity contribution is 6.30. The molecule has 0 saturated carbocycles. The predicted octanol–water partition coefficient (Wildman–Crippen LogP) is 7.33. The minimum absolute atomic E-state index is 0.0482. The number of carbonyl (C=O) groups excluding carboxylic acids is 1. The number of halogens is 5. The number of anilines is 2. The number of alkyl halides is 3. The van der Waals surface area contributed by atoms with Crippen molar-refractivity contribution in [1.82, 2.24) is 24.8 Å². The molecule has 0 aliphatic heterocycles. The van der Waals surface area contributed by atoms with Crippen LogP contribution in [0.25, 0.3) is 5.82 Å². The molecule has 1 amide bonds. The number of imidazole rings is 1. The fourth-order valence-corrected chi connectivity index (χ4v) is 4.81. The molecule has 2 aromatic heterocycles. The highest BCUT2D eigenvalue weighted by Gasteiger charge is 2.30. The molecule has 8 nitrogen and oxygen atoms in total. The van der Waals surface area contributed by atoms with Gasteiger partial charge >= 0.3 is 6.18 Å². The Bertz CT molecular complexity index is 1710. The van der Waals surface area contributed by atoms with Crippen molar-refractivity contribution in [1.29, 1.82) is 0 Å². The number of benzene rings is 3. The van der Waals surface area contributed by atoms with Gasteiger partial charge in [0.15, 0.2) is 0 Å². The lowest BCUT2D eigenvalue weighted by atomic mass is 10.0. The van der Waals surface area contributed by atoms with E-state index in [1.165, 1.54) is 12.1 Å². The molecule has 3 aromatic carbocycles. The molecular formula is C32H28Cl2F3N7O. The number of amides is 1. The zero-order chi connectivity index (χ0) is 31.8. The summed E-state index contributed by atoms with van der Waals surface area (Å²) in [6, 6.07) is 20.4.